The largest absolute Gasteiger partial charge is 0.497 e. The highest BCUT2D eigenvalue weighted by Gasteiger charge is 2.31. The number of carbonyl (C=O) groups excluding carboxylic acids is 2. The molecule has 0 spiro atoms. The van der Waals surface area contributed by atoms with E-state index in [9.17, 15) is 9.59 Å². The van der Waals surface area contributed by atoms with Crippen molar-refractivity contribution in [1.82, 2.24) is 35.1 Å². The number of hydrogen-bond acceptors (Lipinski definition) is 10. The molecular weight excluding hydrogens is 655 g/mol. The third-order valence-electron chi connectivity index (χ3n) is 8.35. The number of nitrogens with zero attached hydrogens (tertiary/aromatic N) is 6. The fourth-order valence-corrected chi connectivity index (χ4v) is 5.77. The van der Waals surface area contributed by atoms with E-state index in [0.29, 0.717) is 65.7 Å². The monoisotopic (exact) mass is 698 g/mol. The van der Waals surface area contributed by atoms with E-state index in [0.717, 1.165) is 11.3 Å². The van der Waals surface area contributed by atoms with Crippen molar-refractivity contribution < 1.29 is 28.0 Å². The zero-order valence-electron chi connectivity index (χ0n) is 29.9. The van der Waals surface area contributed by atoms with E-state index >= 15 is 4.39 Å². The molecule has 13 nitrogen and oxygen atoms in total. The molecule has 268 valence electrons. The molecule has 14 heteroatoms. The summed E-state index contributed by atoms with van der Waals surface area (Å²) in [5, 5.41) is 15.8. The average Bonchev–Trinajstić information content (AvgIpc) is 3.83. The van der Waals surface area contributed by atoms with Gasteiger partial charge >= 0.3 is 6.09 Å². The molecule has 3 aromatic heterocycles. The summed E-state index contributed by atoms with van der Waals surface area (Å²) >= 11 is 0. The summed E-state index contributed by atoms with van der Waals surface area (Å²) in [4.78, 5) is 36.5. The van der Waals surface area contributed by atoms with Gasteiger partial charge in [0.25, 0.3) is 5.91 Å². The fraction of sp³-hybridized carbons (Fsp3) is 0.405. The van der Waals surface area contributed by atoms with Gasteiger partial charge in [0.05, 0.1) is 31.1 Å². The molecule has 0 saturated carbocycles. The van der Waals surface area contributed by atoms with Gasteiger partial charge in [-0.1, -0.05) is 44.1 Å². The van der Waals surface area contributed by atoms with Crippen LogP contribution in [0.4, 0.5) is 15.0 Å². The summed E-state index contributed by atoms with van der Waals surface area (Å²) in [6.07, 6.45) is 1.97. The fourth-order valence-electron chi connectivity index (χ4n) is 5.77. The Morgan fingerprint density at radius 1 is 1.06 bits per heavy atom. The zero-order valence-corrected chi connectivity index (χ0v) is 29.9. The average molecular weight is 699 g/mol. The topological polar surface area (TPSA) is 150 Å². The molecule has 1 aliphatic rings. The molecule has 2 amide bonds. The van der Waals surface area contributed by atoms with Crippen molar-refractivity contribution in [3.05, 3.63) is 83.4 Å². The predicted octanol–water partition coefficient (Wildman–Crippen LogP) is 6.33. The van der Waals surface area contributed by atoms with Crippen molar-refractivity contribution in [2.45, 2.75) is 78.1 Å². The maximum Gasteiger partial charge on any atom is 0.410 e. The first-order valence-electron chi connectivity index (χ1n) is 16.8. The van der Waals surface area contributed by atoms with Crippen LogP contribution in [-0.4, -0.2) is 73.6 Å². The minimum Gasteiger partial charge on any atom is -0.497 e. The lowest BCUT2D eigenvalue weighted by Crippen LogP contribution is -2.36. The molecule has 0 unspecified atom stereocenters. The van der Waals surface area contributed by atoms with Crippen LogP contribution in [0, 0.1) is 5.82 Å². The Labute approximate surface area is 295 Å². The molecule has 1 fully saturated rings. The van der Waals surface area contributed by atoms with Crippen LogP contribution in [0.15, 0.2) is 59.3 Å². The van der Waals surface area contributed by atoms with Gasteiger partial charge in [0, 0.05) is 30.7 Å². The second kappa shape index (κ2) is 14.0. The van der Waals surface area contributed by atoms with E-state index in [2.05, 4.69) is 25.8 Å². The molecule has 4 heterocycles. The Balaban J connectivity index is 1.28. The maximum atomic E-state index is 15.7. The summed E-state index contributed by atoms with van der Waals surface area (Å²) in [6.45, 7) is 12.7. The molecule has 0 aliphatic carbocycles. The molecule has 6 rings (SSSR count). The molecule has 1 saturated heterocycles. The Bertz CT molecular complexity index is 2040. The molecular formula is C37H43FN8O5. The lowest BCUT2D eigenvalue weighted by atomic mass is 9.97. The van der Waals surface area contributed by atoms with Gasteiger partial charge in [0.2, 0.25) is 5.89 Å². The van der Waals surface area contributed by atoms with Crippen molar-refractivity contribution >= 4 is 28.9 Å². The first kappa shape index (κ1) is 35.3. The first-order valence-corrected chi connectivity index (χ1v) is 16.8. The van der Waals surface area contributed by atoms with E-state index in [4.69, 9.17) is 19.1 Å². The van der Waals surface area contributed by atoms with Gasteiger partial charge in [-0.15, -0.1) is 0 Å². The minimum absolute atomic E-state index is 0.0144. The second-order valence-corrected chi connectivity index (χ2v) is 14.6. The second-order valence-electron chi connectivity index (χ2n) is 14.6. The third-order valence-corrected chi connectivity index (χ3v) is 8.35. The molecule has 1 atom stereocenters. The van der Waals surface area contributed by atoms with Crippen LogP contribution < -0.4 is 15.4 Å². The number of likely N-dealkylation sites (tertiary alicyclic amines) is 1. The standard InChI is InChI=1S/C37H43FN8O5/c1-36(2,3)34-42-29(44-51-34)19-40-33(47)27-13-10-23(18-28(27)38)26-14-16-39-32-30(26)31(43-46(32)20-22-8-11-25(49-7)12-9-22)41-24-15-17-45(21-24)35(48)50-37(4,5)6/h8-14,16,18,24H,15,17,19-21H2,1-7H3,(H,40,47)(H,41,43)/t24-/m1/s1. The number of hydrogen-bond donors (Lipinski definition) is 2. The highest BCUT2D eigenvalue weighted by atomic mass is 19.1. The number of carbonyl (C=O) groups is 2. The summed E-state index contributed by atoms with van der Waals surface area (Å²) < 4.78 is 33.7. The van der Waals surface area contributed by atoms with E-state index in [1.54, 1.807) is 35.0 Å². The number of ether oxygens (including phenoxy) is 2. The van der Waals surface area contributed by atoms with Crippen LogP contribution in [0.5, 0.6) is 5.75 Å². The summed E-state index contributed by atoms with van der Waals surface area (Å²) in [7, 11) is 1.62. The number of halogens is 1. The van der Waals surface area contributed by atoms with Crippen LogP contribution in [-0.2, 0) is 23.2 Å². The van der Waals surface area contributed by atoms with Gasteiger partial charge in [-0.25, -0.2) is 18.9 Å². The smallest absolute Gasteiger partial charge is 0.410 e. The summed E-state index contributed by atoms with van der Waals surface area (Å²) in [5.41, 5.74) is 1.73. The van der Waals surface area contributed by atoms with E-state index < -0.39 is 17.3 Å². The summed E-state index contributed by atoms with van der Waals surface area (Å²) in [5.74, 6) is 0.739. The van der Waals surface area contributed by atoms with Crippen molar-refractivity contribution in [1.29, 1.82) is 0 Å². The Kier molecular flexibility index (Phi) is 9.69. The van der Waals surface area contributed by atoms with Gasteiger partial charge in [0.1, 0.15) is 17.2 Å². The summed E-state index contributed by atoms with van der Waals surface area (Å²) in [6, 6.07) is 13.9. The van der Waals surface area contributed by atoms with Gasteiger partial charge in [-0.05, 0) is 74.2 Å². The molecule has 1 aliphatic heterocycles. The number of aromatic nitrogens is 5. The molecule has 0 radical (unpaired) electrons. The lowest BCUT2D eigenvalue weighted by molar-refractivity contribution is 0.0293. The van der Waals surface area contributed by atoms with Crippen LogP contribution in [0.25, 0.3) is 22.2 Å². The molecule has 5 aromatic rings. The van der Waals surface area contributed by atoms with Crippen LogP contribution >= 0.6 is 0 Å². The normalized spacial score (nSPS) is 14.9. The highest BCUT2D eigenvalue weighted by Crippen LogP contribution is 2.35. The zero-order chi connectivity index (χ0) is 36.5. The third kappa shape index (κ3) is 8.11. The van der Waals surface area contributed by atoms with Gasteiger partial charge in [0.15, 0.2) is 17.3 Å². The maximum absolute atomic E-state index is 15.7. The van der Waals surface area contributed by atoms with Gasteiger partial charge in [-0.2, -0.15) is 10.1 Å². The minimum atomic E-state index is -0.692. The van der Waals surface area contributed by atoms with Crippen molar-refractivity contribution in [2.24, 2.45) is 0 Å². The Morgan fingerprint density at radius 3 is 2.49 bits per heavy atom. The van der Waals surface area contributed by atoms with Crippen LogP contribution in [0.3, 0.4) is 0 Å². The molecule has 2 aromatic carbocycles. The number of pyridine rings is 1. The predicted molar refractivity (Wildman–Crippen MR) is 189 cm³/mol. The molecule has 2 N–H and O–H groups in total. The first-order chi connectivity index (χ1) is 24.2. The Hall–Kier alpha value is -5.53. The highest BCUT2D eigenvalue weighted by molar-refractivity contribution is 6.01. The van der Waals surface area contributed by atoms with Crippen LogP contribution in [0.1, 0.15) is 75.6 Å². The van der Waals surface area contributed by atoms with E-state index in [1.807, 2.05) is 65.8 Å². The number of nitrogens with one attached hydrogen (secondary N) is 2. The van der Waals surface area contributed by atoms with Gasteiger partial charge < -0.3 is 29.5 Å². The van der Waals surface area contributed by atoms with Crippen molar-refractivity contribution in [2.75, 3.05) is 25.5 Å². The number of methoxy groups -OCH3 is 1. The quantitative estimate of drug-likeness (QED) is 0.179. The number of rotatable bonds is 9. The van der Waals surface area contributed by atoms with Gasteiger partial charge in [-0.3, -0.25) is 4.79 Å². The number of amides is 2. The van der Waals surface area contributed by atoms with Crippen LogP contribution in [0.2, 0.25) is 0 Å². The van der Waals surface area contributed by atoms with E-state index in [1.165, 1.54) is 12.1 Å². The molecule has 51 heavy (non-hydrogen) atoms. The SMILES string of the molecule is COc1ccc(Cn2nc(N[C@@H]3CCN(C(=O)OC(C)(C)C)C3)c3c(-c4ccc(C(=O)NCc5noc(C(C)(C)C)n5)c(F)c4)ccnc32)cc1. The number of fused-ring (bicyclic) bond motifs is 1. The van der Waals surface area contributed by atoms with Crippen molar-refractivity contribution in [3.63, 3.8) is 0 Å². The Morgan fingerprint density at radius 2 is 1.82 bits per heavy atom. The van der Waals surface area contributed by atoms with Crippen molar-refractivity contribution in [3.8, 4) is 16.9 Å². The lowest BCUT2D eigenvalue weighted by Gasteiger charge is -2.24. The van der Waals surface area contributed by atoms with E-state index in [-0.39, 0.29) is 29.7 Å². The number of benzene rings is 2. The molecule has 0 bridgehead atoms. The number of anilines is 1.